The first-order valence-electron chi connectivity index (χ1n) is 11.7. The third-order valence-electron chi connectivity index (χ3n) is 6.83. The highest BCUT2D eigenvalue weighted by Gasteiger charge is 2.44. The quantitative estimate of drug-likeness (QED) is 0.724. The Balaban J connectivity index is 1.51. The van der Waals surface area contributed by atoms with Gasteiger partial charge < -0.3 is 14.7 Å². The third kappa shape index (κ3) is 5.00. The molecule has 1 N–H and O–H groups in total. The first kappa shape index (κ1) is 21.6. The Morgan fingerprint density at radius 2 is 1.97 bits per heavy atom. The number of rotatable bonds is 7. The number of nitrogens with zero attached hydrogens (tertiary/aromatic N) is 2. The highest BCUT2D eigenvalue weighted by molar-refractivity contribution is 5.85. The monoisotopic (exact) mass is 423 g/mol. The molecular formula is C25H33N3O3. The van der Waals surface area contributed by atoms with Crippen LogP contribution in [-0.4, -0.2) is 41.5 Å². The van der Waals surface area contributed by atoms with Crippen molar-refractivity contribution in [3.8, 4) is 11.3 Å². The van der Waals surface area contributed by atoms with Gasteiger partial charge in [-0.25, -0.2) is 0 Å². The Kier molecular flexibility index (Phi) is 6.73. The number of aromatic nitrogens is 1. The van der Waals surface area contributed by atoms with Crippen LogP contribution in [0.1, 0.15) is 57.6 Å². The van der Waals surface area contributed by atoms with Gasteiger partial charge in [0.1, 0.15) is 11.5 Å². The van der Waals surface area contributed by atoms with E-state index >= 15 is 0 Å². The molecule has 1 unspecified atom stereocenters. The number of carbonyl (C=O) groups excluding carboxylic acids is 2. The molecule has 4 rings (SSSR count). The van der Waals surface area contributed by atoms with Crippen LogP contribution in [-0.2, 0) is 16.0 Å². The lowest BCUT2D eigenvalue weighted by Gasteiger charge is -2.41. The average Bonchev–Trinajstić information content (AvgIpc) is 3.47. The maximum Gasteiger partial charge on any atom is 0.228 e. The van der Waals surface area contributed by atoms with Crippen molar-refractivity contribution in [2.24, 2.45) is 11.3 Å². The Morgan fingerprint density at radius 1 is 1.19 bits per heavy atom. The molecule has 31 heavy (non-hydrogen) atoms. The van der Waals surface area contributed by atoms with Gasteiger partial charge in [0, 0.05) is 44.1 Å². The minimum atomic E-state index is -0.674. The number of amides is 2. The predicted octanol–water partition coefficient (Wildman–Crippen LogP) is 4.21. The largest absolute Gasteiger partial charge is 0.361 e. The van der Waals surface area contributed by atoms with Gasteiger partial charge in [-0.3, -0.25) is 9.59 Å². The number of carbonyl (C=O) groups is 2. The van der Waals surface area contributed by atoms with Crippen molar-refractivity contribution < 1.29 is 14.1 Å². The zero-order valence-corrected chi connectivity index (χ0v) is 18.4. The second-order valence-electron chi connectivity index (χ2n) is 9.13. The van der Waals surface area contributed by atoms with Gasteiger partial charge in [0.2, 0.25) is 11.8 Å². The van der Waals surface area contributed by atoms with Crippen LogP contribution in [0.2, 0.25) is 0 Å². The molecule has 6 nitrogen and oxygen atoms in total. The van der Waals surface area contributed by atoms with Crippen molar-refractivity contribution in [1.82, 2.24) is 15.4 Å². The van der Waals surface area contributed by atoms with Crippen molar-refractivity contribution in [3.05, 3.63) is 42.2 Å². The van der Waals surface area contributed by atoms with Crippen LogP contribution in [0.15, 0.2) is 40.9 Å². The summed E-state index contributed by atoms with van der Waals surface area (Å²) in [5, 5.41) is 7.23. The van der Waals surface area contributed by atoms with Crippen molar-refractivity contribution in [1.29, 1.82) is 0 Å². The summed E-state index contributed by atoms with van der Waals surface area (Å²) in [5.74, 6) is 1.40. The Bertz CT molecular complexity index is 888. The maximum atomic E-state index is 13.2. The predicted molar refractivity (Wildman–Crippen MR) is 119 cm³/mol. The smallest absolute Gasteiger partial charge is 0.228 e. The van der Waals surface area contributed by atoms with E-state index in [0.29, 0.717) is 37.6 Å². The number of likely N-dealkylation sites (tertiary alicyclic amines) is 1. The van der Waals surface area contributed by atoms with Crippen LogP contribution in [0.4, 0.5) is 0 Å². The van der Waals surface area contributed by atoms with E-state index in [1.54, 1.807) is 0 Å². The Labute approximate surface area is 184 Å². The molecule has 2 aliphatic rings. The number of hydrogen-bond acceptors (Lipinski definition) is 4. The van der Waals surface area contributed by atoms with Crippen LogP contribution in [0.25, 0.3) is 11.3 Å². The van der Waals surface area contributed by atoms with E-state index in [0.717, 1.165) is 43.5 Å². The topological polar surface area (TPSA) is 75.4 Å². The lowest BCUT2D eigenvalue weighted by Crippen LogP contribution is -2.54. The molecule has 1 aromatic heterocycles. The van der Waals surface area contributed by atoms with E-state index in [1.807, 2.05) is 48.2 Å². The number of benzene rings is 1. The molecule has 0 bridgehead atoms. The summed E-state index contributed by atoms with van der Waals surface area (Å²) in [6.45, 7) is 3.69. The molecule has 0 spiro atoms. The molecule has 1 atom stereocenters. The van der Waals surface area contributed by atoms with Crippen molar-refractivity contribution in [2.45, 2.75) is 58.3 Å². The third-order valence-corrected chi connectivity index (χ3v) is 6.83. The number of hydrogen-bond donors (Lipinski definition) is 1. The van der Waals surface area contributed by atoms with Crippen LogP contribution >= 0.6 is 0 Å². The van der Waals surface area contributed by atoms with Gasteiger partial charge in [-0.05, 0) is 38.5 Å². The molecule has 1 aliphatic heterocycles. The van der Waals surface area contributed by atoms with Crippen LogP contribution < -0.4 is 5.32 Å². The molecule has 1 aliphatic carbocycles. The van der Waals surface area contributed by atoms with Gasteiger partial charge in [-0.15, -0.1) is 0 Å². The molecule has 0 radical (unpaired) electrons. The van der Waals surface area contributed by atoms with E-state index < -0.39 is 5.41 Å². The molecule has 2 amide bonds. The average molecular weight is 424 g/mol. The molecule has 2 fully saturated rings. The summed E-state index contributed by atoms with van der Waals surface area (Å²) in [7, 11) is 0. The van der Waals surface area contributed by atoms with Gasteiger partial charge >= 0.3 is 0 Å². The van der Waals surface area contributed by atoms with Gasteiger partial charge in [0.05, 0.1) is 5.41 Å². The van der Waals surface area contributed by atoms with Gasteiger partial charge in [0.25, 0.3) is 0 Å². The lowest BCUT2D eigenvalue weighted by atomic mass is 9.75. The molecule has 1 aromatic carbocycles. The molecule has 6 heteroatoms. The number of nitrogens with one attached hydrogen (secondary N) is 1. The van der Waals surface area contributed by atoms with E-state index in [1.165, 1.54) is 12.8 Å². The molecule has 1 saturated carbocycles. The summed E-state index contributed by atoms with van der Waals surface area (Å²) in [6, 6.07) is 11.8. The van der Waals surface area contributed by atoms with Crippen molar-refractivity contribution in [3.63, 3.8) is 0 Å². The Hall–Kier alpha value is -2.63. The fraction of sp³-hybridized carbons (Fsp3) is 0.560. The fourth-order valence-corrected chi connectivity index (χ4v) is 5.17. The Morgan fingerprint density at radius 3 is 2.71 bits per heavy atom. The first-order valence-corrected chi connectivity index (χ1v) is 11.7. The lowest BCUT2D eigenvalue weighted by molar-refractivity contribution is -0.142. The van der Waals surface area contributed by atoms with E-state index in [-0.39, 0.29) is 11.8 Å². The molecule has 166 valence electrons. The van der Waals surface area contributed by atoms with Crippen LogP contribution in [0, 0.1) is 11.3 Å². The van der Waals surface area contributed by atoms with E-state index in [4.69, 9.17) is 4.52 Å². The van der Waals surface area contributed by atoms with Crippen LogP contribution in [0.5, 0.6) is 0 Å². The maximum absolute atomic E-state index is 13.2. The van der Waals surface area contributed by atoms with Crippen molar-refractivity contribution >= 4 is 11.8 Å². The second-order valence-corrected chi connectivity index (χ2v) is 9.13. The zero-order valence-electron chi connectivity index (χ0n) is 18.4. The highest BCUT2D eigenvalue weighted by Crippen LogP contribution is 2.36. The van der Waals surface area contributed by atoms with Gasteiger partial charge in [-0.2, -0.15) is 0 Å². The molecule has 1 saturated heterocycles. The van der Waals surface area contributed by atoms with E-state index in [2.05, 4.69) is 10.5 Å². The summed E-state index contributed by atoms with van der Waals surface area (Å²) >= 11 is 0. The van der Waals surface area contributed by atoms with Crippen LogP contribution in [0.3, 0.4) is 0 Å². The SMILES string of the molecule is CCNC(=O)C1(Cc2cc(-c3ccccc3)no2)CCCN(C(=O)CC2CCCC2)C1. The minimum Gasteiger partial charge on any atom is -0.361 e. The first-order chi connectivity index (χ1) is 15.1. The summed E-state index contributed by atoms with van der Waals surface area (Å²) < 4.78 is 5.65. The van der Waals surface area contributed by atoms with Crippen molar-refractivity contribution in [2.75, 3.05) is 19.6 Å². The normalized spacial score (nSPS) is 21.9. The second kappa shape index (κ2) is 9.67. The summed E-state index contributed by atoms with van der Waals surface area (Å²) in [6.07, 6.45) is 7.41. The van der Waals surface area contributed by atoms with Gasteiger partial charge in [0.15, 0.2) is 0 Å². The summed E-state index contributed by atoms with van der Waals surface area (Å²) in [5.41, 5.74) is 1.08. The van der Waals surface area contributed by atoms with Gasteiger partial charge in [-0.1, -0.05) is 48.3 Å². The summed E-state index contributed by atoms with van der Waals surface area (Å²) in [4.78, 5) is 28.1. The highest BCUT2D eigenvalue weighted by atomic mass is 16.5. The minimum absolute atomic E-state index is 0.00558. The molecular weight excluding hydrogens is 390 g/mol. The standard InChI is InChI=1S/C25H33N3O3/c1-2-26-24(30)25(17-21-16-22(27-31-21)20-11-4-3-5-12-20)13-8-14-28(18-25)23(29)15-19-9-6-7-10-19/h3-5,11-12,16,19H,2,6-10,13-15,17-18H2,1H3,(H,26,30). The fourth-order valence-electron chi connectivity index (χ4n) is 5.17. The molecule has 2 aromatic rings. The number of piperidine rings is 1. The zero-order chi connectivity index (χ0) is 21.7. The van der Waals surface area contributed by atoms with E-state index in [9.17, 15) is 9.59 Å². The molecule has 2 heterocycles.